The molecule has 1 unspecified atom stereocenters. The number of nitrogens with two attached hydrogens (primary N) is 1. The Hall–Kier alpha value is -3.04. The highest BCUT2D eigenvalue weighted by Gasteiger charge is 2.38. The van der Waals surface area contributed by atoms with Crippen LogP contribution in [0, 0.1) is 6.92 Å². The van der Waals surface area contributed by atoms with Crippen molar-refractivity contribution in [3.05, 3.63) is 24.4 Å². The number of nitrogen functional groups attached to an aromatic ring is 1. The number of nitrogens with zero attached hydrogens (tertiary/aromatic N) is 7. The van der Waals surface area contributed by atoms with Crippen molar-refractivity contribution >= 4 is 22.9 Å². The van der Waals surface area contributed by atoms with Gasteiger partial charge in [-0.3, -0.25) is 4.79 Å². The van der Waals surface area contributed by atoms with Crippen LogP contribution in [0.5, 0.6) is 0 Å². The first-order valence-electron chi connectivity index (χ1n) is 8.91. The van der Waals surface area contributed by atoms with Crippen molar-refractivity contribution in [2.75, 3.05) is 18.8 Å². The van der Waals surface area contributed by atoms with Gasteiger partial charge in [0.05, 0.1) is 11.7 Å². The number of rotatable bonds is 3. The molecule has 27 heavy (non-hydrogen) atoms. The third-order valence-corrected chi connectivity index (χ3v) is 5.38. The zero-order valence-electron chi connectivity index (χ0n) is 15.6. The quantitative estimate of drug-likeness (QED) is 0.729. The largest absolute Gasteiger partial charge is 0.382 e. The van der Waals surface area contributed by atoms with E-state index in [1.165, 1.54) is 6.33 Å². The summed E-state index contributed by atoms with van der Waals surface area (Å²) in [5.41, 5.74) is 6.70. The average Bonchev–Trinajstić information content (AvgIpc) is 3.29. The summed E-state index contributed by atoms with van der Waals surface area (Å²) in [6.45, 7) is 7.02. The fourth-order valence-corrected chi connectivity index (χ4v) is 3.51. The van der Waals surface area contributed by atoms with E-state index >= 15 is 0 Å². The molecule has 1 amide bonds. The Morgan fingerprint density at radius 3 is 2.70 bits per heavy atom. The van der Waals surface area contributed by atoms with E-state index < -0.39 is 6.04 Å². The van der Waals surface area contributed by atoms with Gasteiger partial charge in [-0.25, -0.2) is 15.0 Å². The van der Waals surface area contributed by atoms with Crippen molar-refractivity contribution in [3.63, 3.8) is 0 Å². The lowest BCUT2D eigenvalue weighted by Gasteiger charge is -2.38. The Bertz CT molecular complexity index is 986. The molecule has 0 saturated carbocycles. The normalized spacial score (nSPS) is 18.0. The summed E-state index contributed by atoms with van der Waals surface area (Å²) in [6.07, 6.45) is 4.51. The first kappa shape index (κ1) is 17.4. The van der Waals surface area contributed by atoms with Gasteiger partial charge < -0.3 is 19.7 Å². The maximum absolute atomic E-state index is 13.0. The molecule has 3 aromatic heterocycles. The second-order valence-corrected chi connectivity index (χ2v) is 7.29. The van der Waals surface area contributed by atoms with Crippen LogP contribution in [-0.2, 0) is 10.2 Å². The summed E-state index contributed by atoms with van der Waals surface area (Å²) in [4.78, 5) is 31.7. The Morgan fingerprint density at radius 2 is 2.04 bits per heavy atom. The Kier molecular flexibility index (Phi) is 4.05. The van der Waals surface area contributed by atoms with Crippen LogP contribution >= 0.6 is 0 Å². The summed E-state index contributed by atoms with van der Waals surface area (Å²) in [6, 6.07) is -0.431. The Morgan fingerprint density at radius 1 is 1.30 bits per heavy atom. The zero-order valence-corrected chi connectivity index (χ0v) is 15.6. The molecule has 1 saturated heterocycles. The lowest BCUT2D eigenvalue weighted by Crippen LogP contribution is -2.46. The molecule has 1 atom stereocenters. The number of hydrogen-bond acceptors (Lipinski definition) is 8. The summed E-state index contributed by atoms with van der Waals surface area (Å²) >= 11 is 0. The van der Waals surface area contributed by atoms with Gasteiger partial charge >= 0.3 is 0 Å². The maximum Gasteiger partial charge on any atom is 0.245 e. The fourth-order valence-electron chi connectivity index (χ4n) is 3.51. The number of anilines is 1. The monoisotopic (exact) mass is 370 g/mol. The molecule has 0 bridgehead atoms. The molecule has 142 valence electrons. The number of aryl methyl sites for hydroxylation is 1. The molecule has 1 fully saturated rings. The molecule has 3 aromatic rings. The van der Waals surface area contributed by atoms with Gasteiger partial charge in [-0.1, -0.05) is 12.1 Å². The summed E-state index contributed by atoms with van der Waals surface area (Å²) in [5, 5.41) is 3.89. The Balaban J connectivity index is 1.49. The first-order valence-corrected chi connectivity index (χ1v) is 8.91. The third-order valence-electron chi connectivity index (χ3n) is 5.38. The molecule has 10 heteroatoms. The number of carbonyl (C=O) groups excluding carboxylic acids is 1. The van der Waals surface area contributed by atoms with Crippen molar-refractivity contribution in [2.45, 2.75) is 45.1 Å². The second kappa shape index (κ2) is 6.29. The van der Waals surface area contributed by atoms with Crippen LogP contribution in [-0.4, -0.2) is 53.6 Å². The minimum Gasteiger partial charge on any atom is -0.382 e. The summed E-state index contributed by atoms with van der Waals surface area (Å²) < 4.78 is 7.11. The molecular weight excluding hydrogens is 348 g/mol. The van der Waals surface area contributed by atoms with Crippen LogP contribution in [0.25, 0.3) is 11.2 Å². The highest BCUT2D eigenvalue weighted by molar-refractivity contribution is 5.85. The smallest absolute Gasteiger partial charge is 0.245 e. The number of amides is 1. The average molecular weight is 370 g/mol. The molecule has 0 spiro atoms. The number of imidazole rings is 1. The molecule has 1 aliphatic rings. The third kappa shape index (κ3) is 2.90. The molecule has 4 rings (SSSR count). The van der Waals surface area contributed by atoms with E-state index in [4.69, 9.17) is 10.3 Å². The summed E-state index contributed by atoms with van der Waals surface area (Å²) in [5.74, 6) is 1.61. The van der Waals surface area contributed by atoms with Crippen molar-refractivity contribution in [3.8, 4) is 0 Å². The van der Waals surface area contributed by atoms with Gasteiger partial charge in [0, 0.05) is 13.1 Å². The van der Waals surface area contributed by atoms with E-state index in [0.29, 0.717) is 41.8 Å². The molecule has 2 N–H and O–H groups in total. The number of piperidine rings is 1. The predicted octanol–water partition coefficient (Wildman–Crippen LogP) is 1.24. The first-order chi connectivity index (χ1) is 12.9. The molecule has 0 radical (unpaired) electrons. The van der Waals surface area contributed by atoms with Crippen molar-refractivity contribution < 1.29 is 9.32 Å². The minimum absolute atomic E-state index is 0.0234. The zero-order chi connectivity index (χ0) is 19.2. The lowest BCUT2D eigenvalue weighted by molar-refractivity contribution is -0.135. The van der Waals surface area contributed by atoms with Crippen molar-refractivity contribution in [2.24, 2.45) is 0 Å². The van der Waals surface area contributed by atoms with Gasteiger partial charge in [0.25, 0.3) is 0 Å². The number of aromatic nitrogens is 6. The predicted molar refractivity (Wildman–Crippen MR) is 96.6 cm³/mol. The van der Waals surface area contributed by atoms with Gasteiger partial charge in [-0.05, 0) is 26.7 Å². The number of carbonyl (C=O) groups is 1. The standard InChI is InChI=1S/C17H22N8O2/c1-10(25-9-21-12-13(18)19-8-20-14(12)25)15(26)24-6-4-17(3,5-7-24)16-22-11(2)23-27-16/h8-10H,4-7H2,1-3H3,(H2,18,19,20). The fraction of sp³-hybridized carbons (Fsp3) is 0.529. The SMILES string of the molecule is Cc1noc(C2(C)CCN(C(=O)C(C)n3cnc4c(N)ncnc43)CC2)n1. The van der Waals surface area contributed by atoms with Gasteiger partial charge in [0.2, 0.25) is 11.8 Å². The van der Waals surface area contributed by atoms with E-state index in [9.17, 15) is 4.79 Å². The molecule has 1 aliphatic heterocycles. The van der Waals surface area contributed by atoms with Crippen LogP contribution < -0.4 is 5.73 Å². The van der Waals surface area contributed by atoms with Crippen molar-refractivity contribution in [1.82, 2.24) is 34.6 Å². The topological polar surface area (TPSA) is 129 Å². The van der Waals surface area contributed by atoms with Crippen LogP contribution in [0.15, 0.2) is 17.2 Å². The molecular formula is C17H22N8O2. The van der Waals surface area contributed by atoms with Gasteiger partial charge in [-0.15, -0.1) is 0 Å². The van der Waals surface area contributed by atoms with Crippen LogP contribution in [0.2, 0.25) is 0 Å². The number of fused-ring (bicyclic) bond motifs is 1. The minimum atomic E-state index is -0.431. The van der Waals surface area contributed by atoms with Crippen molar-refractivity contribution in [1.29, 1.82) is 0 Å². The number of likely N-dealkylation sites (tertiary alicyclic amines) is 1. The van der Waals surface area contributed by atoms with E-state index in [2.05, 4.69) is 32.0 Å². The summed E-state index contributed by atoms with van der Waals surface area (Å²) in [7, 11) is 0. The highest BCUT2D eigenvalue weighted by Crippen LogP contribution is 2.34. The molecule has 10 nitrogen and oxygen atoms in total. The van der Waals surface area contributed by atoms with Crippen LogP contribution in [0.3, 0.4) is 0 Å². The lowest BCUT2D eigenvalue weighted by atomic mass is 9.80. The van der Waals surface area contributed by atoms with E-state index in [-0.39, 0.29) is 11.3 Å². The van der Waals surface area contributed by atoms with Gasteiger partial charge in [-0.2, -0.15) is 4.98 Å². The highest BCUT2D eigenvalue weighted by atomic mass is 16.5. The Labute approximate surface area is 155 Å². The van der Waals surface area contributed by atoms with E-state index in [0.717, 1.165) is 12.8 Å². The maximum atomic E-state index is 13.0. The van der Waals surface area contributed by atoms with Gasteiger partial charge in [0.15, 0.2) is 17.3 Å². The van der Waals surface area contributed by atoms with E-state index in [1.807, 2.05) is 18.7 Å². The molecule has 0 aliphatic carbocycles. The van der Waals surface area contributed by atoms with Crippen LogP contribution in [0.1, 0.15) is 44.4 Å². The number of hydrogen-bond donors (Lipinski definition) is 1. The van der Waals surface area contributed by atoms with Gasteiger partial charge in [0.1, 0.15) is 17.9 Å². The molecule has 0 aromatic carbocycles. The van der Waals surface area contributed by atoms with E-state index in [1.54, 1.807) is 10.9 Å². The molecule has 4 heterocycles. The van der Waals surface area contributed by atoms with Crippen LogP contribution in [0.4, 0.5) is 5.82 Å². The second-order valence-electron chi connectivity index (χ2n) is 7.29.